The van der Waals surface area contributed by atoms with E-state index in [0.717, 1.165) is 12.8 Å². The van der Waals surface area contributed by atoms with Crippen LogP contribution in [0.4, 0.5) is 0 Å². The van der Waals surface area contributed by atoms with Crippen molar-refractivity contribution < 1.29 is 5.11 Å². The SMILES string of the molecule is CC[C@H]1[C@H](O)C[C@H](c2ccccc2)[Se][C@@H]1c1ccccc1. The third-order valence-corrected chi connectivity index (χ3v) is 8.00. The number of aliphatic hydroxyl groups is 1. The number of hydrogen-bond acceptors (Lipinski definition) is 1. The summed E-state index contributed by atoms with van der Waals surface area (Å²) in [5.74, 6) is 0.410. The Kier molecular flexibility index (Phi) is 4.80. The van der Waals surface area contributed by atoms with E-state index >= 15 is 0 Å². The summed E-state index contributed by atoms with van der Waals surface area (Å²) in [5.41, 5.74) is 2.80. The molecule has 1 fully saturated rings. The summed E-state index contributed by atoms with van der Waals surface area (Å²) in [6.45, 7) is 2.21. The Bertz CT molecular complexity index is 554. The van der Waals surface area contributed by atoms with Crippen LogP contribution in [0.5, 0.6) is 0 Å². The number of aliphatic hydroxyl groups excluding tert-OH is 1. The summed E-state index contributed by atoms with van der Waals surface area (Å²) in [7, 11) is 0. The Morgan fingerprint density at radius 1 is 0.952 bits per heavy atom. The third kappa shape index (κ3) is 3.23. The van der Waals surface area contributed by atoms with Gasteiger partial charge in [0, 0.05) is 0 Å². The Balaban J connectivity index is 1.89. The molecule has 0 spiro atoms. The molecule has 1 nitrogen and oxygen atoms in total. The molecule has 2 aromatic rings. The second-order valence-corrected chi connectivity index (χ2v) is 8.57. The Labute approximate surface area is 133 Å². The van der Waals surface area contributed by atoms with Crippen LogP contribution in [0.2, 0.25) is 0 Å². The van der Waals surface area contributed by atoms with Crippen molar-refractivity contribution in [2.75, 3.05) is 0 Å². The van der Waals surface area contributed by atoms with Crippen molar-refractivity contribution in [1.82, 2.24) is 0 Å². The Hall–Kier alpha value is -1.08. The van der Waals surface area contributed by atoms with Crippen LogP contribution in [-0.2, 0) is 0 Å². The molecule has 110 valence electrons. The molecule has 2 heteroatoms. The van der Waals surface area contributed by atoms with E-state index in [1.54, 1.807) is 0 Å². The molecule has 0 unspecified atom stereocenters. The Morgan fingerprint density at radius 3 is 2.10 bits per heavy atom. The minimum atomic E-state index is -0.180. The predicted molar refractivity (Wildman–Crippen MR) is 88.5 cm³/mol. The number of hydrogen-bond donors (Lipinski definition) is 1. The topological polar surface area (TPSA) is 20.2 Å². The van der Waals surface area contributed by atoms with Gasteiger partial charge >= 0.3 is 133 Å². The zero-order valence-corrected chi connectivity index (χ0v) is 14.1. The van der Waals surface area contributed by atoms with E-state index in [1.165, 1.54) is 11.1 Å². The molecule has 1 saturated heterocycles. The van der Waals surface area contributed by atoms with Crippen molar-refractivity contribution in [2.45, 2.75) is 35.5 Å². The Morgan fingerprint density at radius 2 is 1.52 bits per heavy atom. The molecular weight excluding hydrogens is 323 g/mol. The quantitative estimate of drug-likeness (QED) is 0.835. The maximum absolute atomic E-state index is 10.6. The van der Waals surface area contributed by atoms with Gasteiger partial charge in [0.05, 0.1) is 0 Å². The van der Waals surface area contributed by atoms with E-state index in [-0.39, 0.29) is 6.10 Å². The fraction of sp³-hybridized carbons (Fsp3) is 0.368. The molecule has 4 atom stereocenters. The summed E-state index contributed by atoms with van der Waals surface area (Å²) in [5, 5.41) is 10.6. The third-order valence-electron chi connectivity index (χ3n) is 4.42. The monoisotopic (exact) mass is 346 g/mol. The van der Waals surface area contributed by atoms with Crippen molar-refractivity contribution in [3.05, 3.63) is 71.8 Å². The van der Waals surface area contributed by atoms with Crippen LogP contribution in [0, 0.1) is 5.92 Å². The van der Waals surface area contributed by atoms with Crippen molar-refractivity contribution in [3.63, 3.8) is 0 Å². The normalized spacial score (nSPS) is 29.2. The van der Waals surface area contributed by atoms with Gasteiger partial charge in [-0.05, 0) is 0 Å². The molecule has 1 heterocycles. The van der Waals surface area contributed by atoms with Gasteiger partial charge in [-0.2, -0.15) is 0 Å². The zero-order chi connectivity index (χ0) is 14.7. The maximum atomic E-state index is 10.6. The molecule has 3 rings (SSSR count). The molecule has 0 saturated carbocycles. The first-order chi connectivity index (χ1) is 10.3. The standard InChI is InChI=1S/C19H22OSe/c1-2-16-17(20)13-18(14-9-5-3-6-10-14)21-19(16)15-11-7-4-8-12-15/h3-12,16-20H,2,13H2,1H3/t16-,17+,18+,19+/m0/s1. The molecule has 0 aromatic heterocycles. The first-order valence-corrected chi connectivity index (χ1v) is 9.70. The van der Waals surface area contributed by atoms with Crippen LogP contribution in [0.15, 0.2) is 60.7 Å². The fourth-order valence-electron chi connectivity index (χ4n) is 3.27. The van der Waals surface area contributed by atoms with E-state index in [4.69, 9.17) is 0 Å². The van der Waals surface area contributed by atoms with Crippen molar-refractivity contribution in [3.8, 4) is 0 Å². The van der Waals surface area contributed by atoms with Crippen molar-refractivity contribution >= 4 is 15.0 Å². The van der Waals surface area contributed by atoms with E-state index in [1.807, 2.05) is 0 Å². The number of rotatable bonds is 3. The average molecular weight is 345 g/mol. The van der Waals surface area contributed by atoms with Gasteiger partial charge in [-0.25, -0.2) is 0 Å². The van der Waals surface area contributed by atoms with E-state index in [0.29, 0.717) is 30.5 Å². The molecular formula is C19H22OSe. The van der Waals surface area contributed by atoms with E-state index < -0.39 is 0 Å². The minimum absolute atomic E-state index is 0.180. The first kappa shape index (κ1) is 14.8. The zero-order valence-electron chi connectivity index (χ0n) is 12.4. The molecule has 1 aliphatic rings. The molecule has 2 aromatic carbocycles. The fourth-order valence-corrected chi connectivity index (χ4v) is 7.18. The molecule has 1 aliphatic heterocycles. The van der Waals surface area contributed by atoms with Gasteiger partial charge in [-0.1, -0.05) is 0 Å². The van der Waals surface area contributed by atoms with E-state index in [2.05, 4.69) is 67.6 Å². The van der Waals surface area contributed by atoms with Crippen LogP contribution in [0.3, 0.4) is 0 Å². The van der Waals surface area contributed by atoms with Gasteiger partial charge < -0.3 is 0 Å². The summed E-state index contributed by atoms with van der Waals surface area (Å²) >= 11 is 0.489. The van der Waals surface area contributed by atoms with Crippen molar-refractivity contribution in [2.24, 2.45) is 5.92 Å². The second kappa shape index (κ2) is 6.79. The van der Waals surface area contributed by atoms with Crippen molar-refractivity contribution in [1.29, 1.82) is 0 Å². The molecule has 0 radical (unpaired) electrons. The first-order valence-electron chi connectivity index (χ1n) is 7.73. The average Bonchev–Trinajstić information content (AvgIpc) is 2.55. The van der Waals surface area contributed by atoms with Crippen LogP contribution in [0.25, 0.3) is 0 Å². The van der Waals surface area contributed by atoms with Gasteiger partial charge in [-0.3, -0.25) is 0 Å². The summed E-state index contributed by atoms with van der Waals surface area (Å²) in [4.78, 5) is 1.05. The second-order valence-electron chi connectivity index (χ2n) is 5.74. The van der Waals surface area contributed by atoms with Gasteiger partial charge in [-0.15, -0.1) is 0 Å². The predicted octanol–water partition coefficient (Wildman–Crippen LogP) is 3.96. The summed E-state index contributed by atoms with van der Waals surface area (Å²) < 4.78 is 0. The van der Waals surface area contributed by atoms with Crippen LogP contribution < -0.4 is 0 Å². The molecule has 0 amide bonds. The van der Waals surface area contributed by atoms with Crippen LogP contribution in [0.1, 0.15) is 40.5 Å². The van der Waals surface area contributed by atoms with Gasteiger partial charge in [0.15, 0.2) is 0 Å². The van der Waals surface area contributed by atoms with Crippen LogP contribution >= 0.6 is 0 Å². The van der Waals surface area contributed by atoms with Gasteiger partial charge in [0.1, 0.15) is 0 Å². The molecule has 0 aliphatic carbocycles. The van der Waals surface area contributed by atoms with E-state index in [9.17, 15) is 5.11 Å². The number of benzene rings is 2. The van der Waals surface area contributed by atoms with Gasteiger partial charge in [0.2, 0.25) is 0 Å². The van der Waals surface area contributed by atoms with Crippen LogP contribution in [-0.4, -0.2) is 26.2 Å². The van der Waals surface area contributed by atoms with Gasteiger partial charge in [0.25, 0.3) is 0 Å². The summed E-state index contributed by atoms with van der Waals surface area (Å²) in [6.07, 6.45) is 1.80. The molecule has 0 bridgehead atoms. The summed E-state index contributed by atoms with van der Waals surface area (Å²) in [6, 6.07) is 21.5. The molecule has 1 N–H and O–H groups in total. The molecule has 21 heavy (non-hydrogen) atoms.